The van der Waals surface area contributed by atoms with E-state index in [2.05, 4.69) is 11.4 Å². The molecular weight excluding hydrogens is 318 g/mol. The van der Waals surface area contributed by atoms with Crippen LogP contribution in [-0.2, 0) is 9.53 Å². The lowest BCUT2D eigenvalue weighted by atomic mass is 9.83. The molecule has 7 heteroatoms. The van der Waals surface area contributed by atoms with Crippen molar-refractivity contribution in [3.63, 3.8) is 0 Å². The molecule has 128 valence electrons. The first-order valence-electron chi connectivity index (χ1n) is 7.75. The number of rotatable bonds is 4. The second-order valence-electron chi connectivity index (χ2n) is 5.95. The number of nitriles is 1. The third kappa shape index (κ3) is 4.28. The Morgan fingerprint density at radius 3 is 2.33 bits per heavy atom. The van der Waals surface area contributed by atoms with Crippen molar-refractivity contribution in [2.75, 3.05) is 0 Å². The average Bonchev–Trinajstić information content (AvgIpc) is 2.54. The van der Waals surface area contributed by atoms with Crippen molar-refractivity contribution >= 4 is 11.9 Å². The van der Waals surface area contributed by atoms with Gasteiger partial charge in [0.2, 0.25) is 0 Å². The topological polar surface area (TPSA) is 79.2 Å². The van der Waals surface area contributed by atoms with E-state index >= 15 is 0 Å². The van der Waals surface area contributed by atoms with Gasteiger partial charge in [0.05, 0.1) is 11.6 Å². The first-order chi connectivity index (χ1) is 11.3. The number of esters is 1. The number of hydrogen-bond acceptors (Lipinski definition) is 4. The molecule has 2 rings (SSSR count). The van der Waals surface area contributed by atoms with Gasteiger partial charge in [-0.3, -0.25) is 4.79 Å². The highest BCUT2D eigenvalue weighted by Gasteiger charge is 2.35. The molecule has 0 unspecified atom stereocenters. The highest BCUT2D eigenvalue weighted by molar-refractivity contribution is 5.92. The van der Waals surface area contributed by atoms with Gasteiger partial charge < -0.3 is 10.1 Å². The van der Waals surface area contributed by atoms with E-state index in [-0.39, 0.29) is 5.56 Å². The minimum Gasteiger partial charge on any atom is -0.449 e. The Kier molecular flexibility index (Phi) is 5.50. The lowest BCUT2D eigenvalue weighted by Gasteiger charge is -2.32. The molecule has 1 aliphatic carbocycles. The lowest BCUT2D eigenvalue weighted by molar-refractivity contribution is -0.130. The van der Waals surface area contributed by atoms with Crippen LogP contribution in [0.5, 0.6) is 0 Å². The van der Waals surface area contributed by atoms with Crippen LogP contribution in [0.3, 0.4) is 0 Å². The monoisotopic (exact) mass is 336 g/mol. The molecule has 0 heterocycles. The molecule has 1 fully saturated rings. The number of halogens is 2. The van der Waals surface area contributed by atoms with Crippen molar-refractivity contribution < 1.29 is 23.1 Å². The number of carbonyl (C=O) groups is 2. The number of nitrogens with one attached hydrogen (secondary N) is 1. The fraction of sp³-hybridized carbons (Fsp3) is 0.471. The standard InChI is InChI=1S/C17H18F2N2O3/c1-11(15(22)21-17(10-20)5-3-2-4-6-17)24-16(23)12-7-13(18)9-14(19)8-12/h7-9,11H,2-6H2,1H3,(H,21,22)/t11-/m0/s1. The molecule has 0 bridgehead atoms. The maximum atomic E-state index is 13.1. The number of hydrogen-bond donors (Lipinski definition) is 1. The highest BCUT2D eigenvalue weighted by atomic mass is 19.1. The van der Waals surface area contributed by atoms with Crippen LogP contribution in [0.4, 0.5) is 8.78 Å². The van der Waals surface area contributed by atoms with E-state index in [1.165, 1.54) is 6.92 Å². The minimum absolute atomic E-state index is 0.320. The summed E-state index contributed by atoms with van der Waals surface area (Å²) >= 11 is 0. The summed E-state index contributed by atoms with van der Waals surface area (Å²) in [6, 6.07) is 4.42. The predicted molar refractivity (Wildman–Crippen MR) is 80.8 cm³/mol. The summed E-state index contributed by atoms with van der Waals surface area (Å²) < 4.78 is 31.2. The molecular formula is C17H18F2N2O3. The van der Waals surface area contributed by atoms with Gasteiger partial charge in [0.1, 0.15) is 17.2 Å². The molecule has 0 saturated heterocycles. The van der Waals surface area contributed by atoms with E-state index in [0.717, 1.165) is 31.4 Å². The van der Waals surface area contributed by atoms with Crippen molar-refractivity contribution in [1.82, 2.24) is 5.32 Å². The quantitative estimate of drug-likeness (QED) is 0.858. The zero-order chi connectivity index (χ0) is 17.7. The van der Waals surface area contributed by atoms with Crippen molar-refractivity contribution in [3.8, 4) is 6.07 Å². The van der Waals surface area contributed by atoms with Crippen LogP contribution in [-0.4, -0.2) is 23.5 Å². The molecule has 1 atom stereocenters. The summed E-state index contributed by atoms with van der Waals surface area (Å²) in [4.78, 5) is 24.1. The van der Waals surface area contributed by atoms with Gasteiger partial charge in [0.15, 0.2) is 6.10 Å². The number of ether oxygens (including phenoxy) is 1. The van der Waals surface area contributed by atoms with Gasteiger partial charge in [-0.15, -0.1) is 0 Å². The smallest absolute Gasteiger partial charge is 0.339 e. The van der Waals surface area contributed by atoms with Gasteiger partial charge in [-0.05, 0) is 31.9 Å². The molecule has 1 amide bonds. The fourth-order valence-electron chi connectivity index (χ4n) is 2.71. The van der Waals surface area contributed by atoms with E-state index in [9.17, 15) is 23.6 Å². The first kappa shape index (κ1) is 17.9. The van der Waals surface area contributed by atoms with Crippen LogP contribution in [0.15, 0.2) is 18.2 Å². The third-order valence-corrected chi connectivity index (χ3v) is 4.03. The summed E-state index contributed by atoms with van der Waals surface area (Å²) in [5.41, 5.74) is -1.26. The summed E-state index contributed by atoms with van der Waals surface area (Å²) in [7, 11) is 0. The highest BCUT2D eigenvalue weighted by Crippen LogP contribution is 2.27. The number of amides is 1. The zero-order valence-corrected chi connectivity index (χ0v) is 13.3. The van der Waals surface area contributed by atoms with Gasteiger partial charge in [-0.25, -0.2) is 13.6 Å². The molecule has 1 aliphatic rings. The second-order valence-corrected chi connectivity index (χ2v) is 5.95. The number of nitrogens with zero attached hydrogens (tertiary/aromatic N) is 1. The second kappa shape index (κ2) is 7.39. The van der Waals surface area contributed by atoms with E-state index in [4.69, 9.17) is 4.74 Å². The van der Waals surface area contributed by atoms with Crippen molar-refractivity contribution in [3.05, 3.63) is 35.4 Å². The summed E-state index contributed by atoms with van der Waals surface area (Å²) in [6.07, 6.45) is 2.59. The van der Waals surface area contributed by atoms with Crippen LogP contribution in [0.25, 0.3) is 0 Å². The fourth-order valence-corrected chi connectivity index (χ4v) is 2.71. The maximum absolute atomic E-state index is 13.1. The number of benzene rings is 1. The molecule has 1 saturated carbocycles. The molecule has 5 nitrogen and oxygen atoms in total. The van der Waals surface area contributed by atoms with Crippen LogP contribution < -0.4 is 5.32 Å². The van der Waals surface area contributed by atoms with Crippen molar-refractivity contribution in [2.45, 2.75) is 50.7 Å². The van der Waals surface area contributed by atoms with Gasteiger partial charge >= 0.3 is 5.97 Å². The third-order valence-electron chi connectivity index (χ3n) is 4.03. The molecule has 1 aromatic rings. The van der Waals surface area contributed by atoms with Crippen LogP contribution >= 0.6 is 0 Å². The Balaban J connectivity index is 2.00. The van der Waals surface area contributed by atoms with Gasteiger partial charge in [0, 0.05) is 6.07 Å². The lowest BCUT2D eigenvalue weighted by Crippen LogP contribution is -2.52. The molecule has 0 aromatic heterocycles. The Bertz CT molecular complexity index is 659. The molecule has 0 radical (unpaired) electrons. The molecule has 0 spiro atoms. The Morgan fingerprint density at radius 1 is 1.21 bits per heavy atom. The number of carbonyl (C=O) groups excluding carboxylic acids is 2. The van der Waals surface area contributed by atoms with E-state index in [1.54, 1.807) is 0 Å². The Labute approximate surface area is 138 Å². The van der Waals surface area contributed by atoms with Crippen LogP contribution in [0.2, 0.25) is 0 Å². The first-order valence-corrected chi connectivity index (χ1v) is 7.75. The van der Waals surface area contributed by atoms with Gasteiger partial charge in [0.25, 0.3) is 5.91 Å². The largest absolute Gasteiger partial charge is 0.449 e. The van der Waals surface area contributed by atoms with Crippen molar-refractivity contribution in [2.24, 2.45) is 0 Å². The van der Waals surface area contributed by atoms with E-state index in [1.807, 2.05) is 0 Å². The van der Waals surface area contributed by atoms with Crippen LogP contribution in [0.1, 0.15) is 49.4 Å². The summed E-state index contributed by atoms with van der Waals surface area (Å²) in [6.45, 7) is 1.34. The maximum Gasteiger partial charge on any atom is 0.339 e. The summed E-state index contributed by atoms with van der Waals surface area (Å²) in [5.74, 6) is -3.44. The zero-order valence-electron chi connectivity index (χ0n) is 13.3. The van der Waals surface area contributed by atoms with E-state index < -0.39 is 35.2 Å². The molecule has 1 N–H and O–H groups in total. The molecule has 24 heavy (non-hydrogen) atoms. The SMILES string of the molecule is C[C@H](OC(=O)c1cc(F)cc(F)c1)C(=O)NC1(C#N)CCCCC1. The van der Waals surface area contributed by atoms with Gasteiger partial charge in [-0.2, -0.15) is 5.26 Å². The molecule has 1 aromatic carbocycles. The van der Waals surface area contributed by atoms with Crippen LogP contribution in [0, 0.1) is 23.0 Å². The van der Waals surface area contributed by atoms with Crippen molar-refractivity contribution in [1.29, 1.82) is 5.26 Å². The van der Waals surface area contributed by atoms with Gasteiger partial charge in [-0.1, -0.05) is 19.3 Å². The molecule has 0 aliphatic heterocycles. The minimum atomic E-state index is -1.18. The predicted octanol–water partition coefficient (Wildman–Crippen LogP) is 2.85. The van der Waals surface area contributed by atoms with E-state index in [0.29, 0.717) is 18.9 Å². The average molecular weight is 336 g/mol. The Hall–Kier alpha value is -2.49. The normalized spacial score (nSPS) is 17.4. The Morgan fingerprint density at radius 2 is 1.79 bits per heavy atom. The summed E-state index contributed by atoms with van der Waals surface area (Å²) in [5, 5.41) is 12.0.